The van der Waals surface area contributed by atoms with Crippen LogP contribution in [0, 0.1) is 18.8 Å². The summed E-state index contributed by atoms with van der Waals surface area (Å²) >= 11 is 1.89. The highest BCUT2D eigenvalue weighted by Crippen LogP contribution is 2.30. The van der Waals surface area contributed by atoms with E-state index in [1.54, 1.807) is 0 Å². The summed E-state index contributed by atoms with van der Waals surface area (Å²) in [6, 6.07) is 2.97. The zero-order chi connectivity index (χ0) is 12.3. The Balaban J connectivity index is 1.90. The Labute approximate surface area is 110 Å². The van der Waals surface area contributed by atoms with Crippen LogP contribution in [-0.4, -0.2) is 6.04 Å². The summed E-state index contributed by atoms with van der Waals surface area (Å²) in [5, 5.41) is 6.01. The van der Waals surface area contributed by atoms with Crippen molar-refractivity contribution in [2.24, 2.45) is 11.8 Å². The molecule has 1 heterocycles. The predicted octanol–water partition coefficient (Wildman–Crippen LogP) is 4.36. The molecule has 17 heavy (non-hydrogen) atoms. The van der Waals surface area contributed by atoms with Gasteiger partial charge in [-0.2, -0.15) is 0 Å². The summed E-state index contributed by atoms with van der Waals surface area (Å²) in [5.74, 6) is 1.70. The third kappa shape index (κ3) is 3.32. The Hall–Kier alpha value is -0.340. The molecule has 0 spiro atoms. The number of nitrogens with one attached hydrogen (secondary N) is 1. The molecule has 1 fully saturated rings. The van der Waals surface area contributed by atoms with E-state index in [-0.39, 0.29) is 0 Å². The van der Waals surface area contributed by atoms with Gasteiger partial charge in [0.1, 0.15) is 0 Å². The molecule has 96 valence electrons. The monoisotopic (exact) mass is 251 g/mol. The molecule has 2 heteroatoms. The van der Waals surface area contributed by atoms with Crippen molar-refractivity contribution < 1.29 is 0 Å². The summed E-state index contributed by atoms with van der Waals surface area (Å²) < 4.78 is 0. The van der Waals surface area contributed by atoms with E-state index >= 15 is 0 Å². The Bertz CT molecular complexity index is 342. The zero-order valence-electron chi connectivity index (χ0n) is 11.3. The third-order valence-corrected chi connectivity index (χ3v) is 5.19. The van der Waals surface area contributed by atoms with Gasteiger partial charge in [-0.3, -0.25) is 0 Å². The quantitative estimate of drug-likeness (QED) is 0.838. The van der Waals surface area contributed by atoms with Crippen molar-refractivity contribution in [2.75, 3.05) is 0 Å². The highest BCUT2D eigenvalue weighted by atomic mass is 32.1. The summed E-state index contributed by atoms with van der Waals surface area (Å²) in [4.78, 5) is 1.51. The van der Waals surface area contributed by atoms with E-state index < -0.39 is 0 Å². The van der Waals surface area contributed by atoms with Crippen molar-refractivity contribution >= 4 is 11.3 Å². The van der Waals surface area contributed by atoms with Crippen molar-refractivity contribution in [3.8, 4) is 0 Å². The van der Waals surface area contributed by atoms with Crippen LogP contribution < -0.4 is 5.32 Å². The van der Waals surface area contributed by atoms with Gasteiger partial charge >= 0.3 is 0 Å². The lowest BCUT2D eigenvalue weighted by Crippen LogP contribution is -2.40. The van der Waals surface area contributed by atoms with Crippen molar-refractivity contribution in [1.29, 1.82) is 0 Å². The molecule has 2 rings (SSSR count). The number of hydrogen-bond acceptors (Lipinski definition) is 2. The molecule has 1 saturated carbocycles. The van der Waals surface area contributed by atoms with Gasteiger partial charge in [-0.25, -0.2) is 0 Å². The van der Waals surface area contributed by atoms with Gasteiger partial charge in [0.05, 0.1) is 0 Å². The number of rotatable bonds is 4. The van der Waals surface area contributed by atoms with Crippen LogP contribution in [0.15, 0.2) is 11.4 Å². The second kappa shape index (κ2) is 6.01. The van der Waals surface area contributed by atoms with Crippen molar-refractivity contribution in [3.63, 3.8) is 0 Å². The van der Waals surface area contributed by atoms with E-state index in [1.807, 2.05) is 11.3 Å². The van der Waals surface area contributed by atoms with Crippen LogP contribution in [0.3, 0.4) is 0 Å². The molecule has 0 radical (unpaired) electrons. The zero-order valence-corrected chi connectivity index (χ0v) is 12.1. The fraction of sp³-hybridized carbons (Fsp3) is 0.733. The van der Waals surface area contributed by atoms with Gasteiger partial charge in [0, 0.05) is 17.5 Å². The highest BCUT2D eigenvalue weighted by Gasteiger charge is 2.26. The summed E-state index contributed by atoms with van der Waals surface area (Å²) in [5.41, 5.74) is 1.44. The van der Waals surface area contributed by atoms with Gasteiger partial charge in [-0.05, 0) is 48.6 Å². The molecule has 1 aliphatic carbocycles. The van der Waals surface area contributed by atoms with Gasteiger partial charge < -0.3 is 5.32 Å². The fourth-order valence-corrected chi connectivity index (χ4v) is 3.88. The van der Waals surface area contributed by atoms with Crippen LogP contribution in [0.4, 0.5) is 0 Å². The molecule has 0 bridgehead atoms. The molecule has 0 aromatic carbocycles. The van der Waals surface area contributed by atoms with Crippen LogP contribution >= 0.6 is 11.3 Å². The van der Waals surface area contributed by atoms with Gasteiger partial charge in [-0.1, -0.05) is 26.7 Å². The molecule has 1 aromatic heterocycles. The maximum Gasteiger partial charge on any atom is 0.0305 e. The van der Waals surface area contributed by atoms with Crippen LogP contribution in [0.1, 0.15) is 50.0 Å². The van der Waals surface area contributed by atoms with Crippen LogP contribution in [-0.2, 0) is 6.54 Å². The summed E-state index contributed by atoms with van der Waals surface area (Å²) in [7, 11) is 0. The van der Waals surface area contributed by atoms with Gasteiger partial charge in [0.25, 0.3) is 0 Å². The van der Waals surface area contributed by atoms with Crippen LogP contribution in [0.2, 0.25) is 0 Å². The van der Waals surface area contributed by atoms with E-state index in [4.69, 9.17) is 0 Å². The Kier molecular flexibility index (Phi) is 4.63. The topological polar surface area (TPSA) is 12.0 Å². The van der Waals surface area contributed by atoms with Crippen LogP contribution in [0.25, 0.3) is 0 Å². The van der Waals surface area contributed by atoms with E-state index in [1.165, 1.54) is 36.1 Å². The van der Waals surface area contributed by atoms with Gasteiger partial charge in [0.2, 0.25) is 0 Å². The molecule has 1 aliphatic rings. The van der Waals surface area contributed by atoms with Crippen molar-refractivity contribution in [1.82, 2.24) is 5.32 Å². The normalized spacial score (nSPS) is 25.4. The smallest absolute Gasteiger partial charge is 0.0305 e. The molecule has 0 aliphatic heterocycles. The SMILES string of the molecule is Cc1ccsc1CNC1CCCCC1C(C)C. The Morgan fingerprint density at radius 1 is 1.35 bits per heavy atom. The largest absolute Gasteiger partial charge is 0.309 e. The maximum absolute atomic E-state index is 3.81. The van der Waals surface area contributed by atoms with E-state index in [2.05, 4.69) is 37.5 Å². The number of hydrogen-bond donors (Lipinski definition) is 1. The standard InChI is InChI=1S/C15H25NS/c1-11(2)13-6-4-5-7-14(13)16-10-15-12(3)8-9-17-15/h8-9,11,13-14,16H,4-7,10H2,1-3H3. The molecule has 1 aromatic rings. The van der Waals surface area contributed by atoms with E-state index in [0.29, 0.717) is 0 Å². The number of thiophene rings is 1. The van der Waals surface area contributed by atoms with Gasteiger partial charge in [-0.15, -0.1) is 11.3 Å². The first kappa shape index (κ1) is 13.1. The maximum atomic E-state index is 3.81. The van der Waals surface area contributed by atoms with Crippen LogP contribution in [0.5, 0.6) is 0 Å². The minimum Gasteiger partial charge on any atom is -0.309 e. The highest BCUT2D eigenvalue weighted by molar-refractivity contribution is 7.10. The first-order valence-corrected chi connectivity index (χ1v) is 7.83. The first-order valence-electron chi connectivity index (χ1n) is 6.95. The summed E-state index contributed by atoms with van der Waals surface area (Å²) in [6.07, 6.45) is 5.62. The minimum atomic E-state index is 0.741. The molecule has 0 amide bonds. The van der Waals surface area contributed by atoms with Gasteiger partial charge in [0.15, 0.2) is 0 Å². The molecular weight excluding hydrogens is 226 g/mol. The first-order chi connectivity index (χ1) is 8.18. The third-order valence-electron chi connectivity index (χ3n) is 4.17. The molecule has 0 saturated heterocycles. The average Bonchev–Trinajstić information content (AvgIpc) is 2.72. The lowest BCUT2D eigenvalue weighted by molar-refractivity contribution is 0.205. The average molecular weight is 251 g/mol. The fourth-order valence-electron chi connectivity index (χ4n) is 3.02. The minimum absolute atomic E-state index is 0.741. The Morgan fingerprint density at radius 3 is 2.76 bits per heavy atom. The molecular formula is C15H25NS. The summed E-state index contributed by atoms with van der Waals surface area (Å²) in [6.45, 7) is 8.04. The predicted molar refractivity (Wildman–Crippen MR) is 76.5 cm³/mol. The van der Waals surface area contributed by atoms with Crippen molar-refractivity contribution in [3.05, 3.63) is 21.9 Å². The second-order valence-electron chi connectivity index (χ2n) is 5.71. The number of aryl methyl sites for hydroxylation is 1. The molecule has 2 unspecified atom stereocenters. The second-order valence-corrected chi connectivity index (χ2v) is 6.71. The van der Waals surface area contributed by atoms with Crippen molar-refractivity contribution in [2.45, 2.75) is 59.0 Å². The molecule has 1 N–H and O–H groups in total. The lowest BCUT2D eigenvalue weighted by atomic mass is 9.78. The van der Waals surface area contributed by atoms with E-state index in [0.717, 1.165) is 24.4 Å². The Morgan fingerprint density at radius 2 is 2.12 bits per heavy atom. The molecule has 1 nitrogen and oxygen atoms in total. The lowest BCUT2D eigenvalue weighted by Gasteiger charge is -2.35. The van der Waals surface area contributed by atoms with E-state index in [9.17, 15) is 0 Å². The molecule has 2 atom stereocenters.